The van der Waals surface area contributed by atoms with Crippen molar-refractivity contribution in [1.82, 2.24) is 0 Å². The van der Waals surface area contributed by atoms with Crippen LogP contribution in [0.25, 0.3) is 0 Å². The maximum atomic E-state index is 12.5. The van der Waals surface area contributed by atoms with Gasteiger partial charge in [0.1, 0.15) is 0 Å². The van der Waals surface area contributed by atoms with Crippen LogP contribution in [0.15, 0.2) is 18.2 Å². The fraction of sp³-hybridized carbons (Fsp3) is 0.364. The Bertz CT molecular complexity index is 457. The third-order valence-corrected chi connectivity index (χ3v) is 2.85. The molecule has 1 aliphatic rings. The second-order valence-electron chi connectivity index (χ2n) is 3.97. The first-order chi connectivity index (χ1) is 7.89. The first-order valence-corrected chi connectivity index (χ1v) is 5.14. The summed E-state index contributed by atoms with van der Waals surface area (Å²) in [5.74, 6) is -1.24. The summed E-state index contributed by atoms with van der Waals surface area (Å²) < 4.78 is 37.6. The normalized spacial score (nSPS) is 19.4. The lowest BCUT2D eigenvalue weighted by Crippen LogP contribution is -2.28. The molecule has 0 fully saturated rings. The number of fused-ring (bicyclic) bond motifs is 1. The molecule has 1 amide bonds. The van der Waals surface area contributed by atoms with E-state index in [9.17, 15) is 18.0 Å². The summed E-state index contributed by atoms with van der Waals surface area (Å²) in [6.07, 6.45) is -3.99. The first-order valence-electron chi connectivity index (χ1n) is 5.14. The van der Waals surface area contributed by atoms with E-state index in [1.807, 2.05) is 0 Å². The molecular weight excluding hydrogens is 233 g/mol. The summed E-state index contributed by atoms with van der Waals surface area (Å²) in [4.78, 5) is 11.2. The number of hydrogen-bond donors (Lipinski definition) is 2. The standard InChI is InChI=1S/C11H11F3N2O/c12-11(13,14)6-1-2-9-8(5-6)7(10(15)17)3-4-16-9/h1-2,5,7,16H,3-4H2,(H2,15,17). The van der Waals surface area contributed by atoms with E-state index in [0.29, 0.717) is 24.2 Å². The number of primary amides is 1. The minimum Gasteiger partial charge on any atom is -0.385 e. The summed E-state index contributed by atoms with van der Waals surface area (Å²) in [5, 5.41) is 2.95. The van der Waals surface area contributed by atoms with Crippen LogP contribution in [0.3, 0.4) is 0 Å². The molecular formula is C11H11F3N2O. The lowest BCUT2D eigenvalue weighted by atomic mass is 9.89. The number of benzene rings is 1. The van der Waals surface area contributed by atoms with E-state index in [4.69, 9.17) is 5.73 Å². The Morgan fingerprint density at radius 1 is 1.41 bits per heavy atom. The van der Waals surface area contributed by atoms with Crippen molar-refractivity contribution in [1.29, 1.82) is 0 Å². The SMILES string of the molecule is NC(=O)C1CCNc2ccc(C(F)(F)F)cc21. The Kier molecular flexibility index (Phi) is 2.73. The van der Waals surface area contributed by atoms with Gasteiger partial charge in [-0.15, -0.1) is 0 Å². The molecule has 0 spiro atoms. The number of amides is 1. The Hall–Kier alpha value is -1.72. The molecule has 1 aromatic rings. The van der Waals surface area contributed by atoms with Crippen LogP contribution in [-0.4, -0.2) is 12.5 Å². The number of nitrogens with two attached hydrogens (primary N) is 1. The summed E-state index contributed by atoms with van der Waals surface area (Å²) in [5.41, 5.74) is 5.32. The van der Waals surface area contributed by atoms with E-state index in [1.165, 1.54) is 6.07 Å². The largest absolute Gasteiger partial charge is 0.416 e. The lowest BCUT2D eigenvalue weighted by Gasteiger charge is -2.25. The van der Waals surface area contributed by atoms with Crippen LogP contribution in [0.2, 0.25) is 0 Å². The second kappa shape index (κ2) is 3.94. The lowest BCUT2D eigenvalue weighted by molar-refractivity contribution is -0.137. The average Bonchev–Trinajstić information content (AvgIpc) is 2.26. The predicted molar refractivity (Wildman–Crippen MR) is 56.5 cm³/mol. The molecule has 1 heterocycles. The quantitative estimate of drug-likeness (QED) is 0.794. The van der Waals surface area contributed by atoms with Gasteiger partial charge in [-0.05, 0) is 30.2 Å². The molecule has 1 aliphatic heterocycles. The molecule has 1 atom stereocenters. The fourth-order valence-corrected chi connectivity index (χ4v) is 1.99. The number of alkyl halides is 3. The molecule has 0 bridgehead atoms. The molecule has 1 aromatic carbocycles. The van der Waals surface area contributed by atoms with E-state index >= 15 is 0 Å². The molecule has 3 N–H and O–H groups in total. The van der Waals surface area contributed by atoms with Crippen LogP contribution >= 0.6 is 0 Å². The maximum absolute atomic E-state index is 12.5. The highest BCUT2D eigenvalue weighted by molar-refractivity contribution is 5.85. The monoisotopic (exact) mass is 244 g/mol. The van der Waals surface area contributed by atoms with Gasteiger partial charge in [-0.3, -0.25) is 4.79 Å². The van der Waals surface area contributed by atoms with E-state index in [-0.39, 0.29) is 0 Å². The van der Waals surface area contributed by atoms with Gasteiger partial charge in [-0.25, -0.2) is 0 Å². The summed E-state index contributed by atoms with van der Waals surface area (Å²) in [7, 11) is 0. The Morgan fingerprint density at radius 2 is 2.12 bits per heavy atom. The van der Waals surface area contributed by atoms with Gasteiger partial charge in [0, 0.05) is 12.2 Å². The number of halogens is 3. The van der Waals surface area contributed by atoms with Crippen LogP contribution < -0.4 is 11.1 Å². The minimum absolute atomic E-state index is 0.332. The molecule has 0 aromatic heterocycles. The topological polar surface area (TPSA) is 55.1 Å². The Labute approximate surface area is 95.8 Å². The molecule has 1 unspecified atom stereocenters. The zero-order chi connectivity index (χ0) is 12.6. The van der Waals surface area contributed by atoms with Gasteiger partial charge >= 0.3 is 6.18 Å². The van der Waals surface area contributed by atoms with Crippen LogP contribution in [0.5, 0.6) is 0 Å². The molecule has 6 heteroatoms. The van der Waals surface area contributed by atoms with Crippen molar-refractivity contribution < 1.29 is 18.0 Å². The van der Waals surface area contributed by atoms with Crippen LogP contribution in [0, 0.1) is 0 Å². The van der Waals surface area contributed by atoms with Crippen LogP contribution in [0.4, 0.5) is 18.9 Å². The van der Waals surface area contributed by atoms with E-state index < -0.39 is 23.6 Å². The second-order valence-corrected chi connectivity index (χ2v) is 3.97. The van der Waals surface area contributed by atoms with Crippen molar-refractivity contribution in [2.24, 2.45) is 5.73 Å². The van der Waals surface area contributed by atoms with Crippen LogP contribution in [0.1, 0.15) is 23.5 Å². The maximum Gasteiger partial charge on any atom is 0.416 e. The van der Waals surface area contributed by atoms with Gasteiger partial charge < -0.3 is 11.1 Å². The fourth-order valence-electron chi connectivity index (χ4n) is 1.99. The number of carbonyl (C=O) groups excluding carboxylic acids is 1. The molecule has 0 aliphatic carbocycles. The zero-order valence-electron chi connectivity index (χ0n) is 8.84. The van der Waals surface area contributed by atoms with Crippen molar-refractivity contribution >= 4 is 11.6 Å². The van der Waals surface area contributed by atoms with Crippen molar-refractivity contribution in [3.05, 3.63) is 29.3 Å². The number of rotatable bonds is 1. The number of carbonyl (C=O) groups is 1. The summed E-state index contributed by atoms with van der Waals surface area (Å²) in [6, 6.07) is 3.33. The van der Waals surface area contributed by atoms with Gasteiger partial charge in [-0.2, -0.15) is 13.2 Å². The Balaban J connectivity index is 2.48. The van der Waals surface area contributed by atoms with Crippen LogP contribution in [-0.2, 0) is 11.0 Å². The number of anilines is 1. The number of hydrogen-bond acceptors (Lipinski definition) is 2. The average molecular weight is 244 g/mol. The van der Waals surface area contributed by atoms with E-state index in [2.05, 4.69) is 5.32 Å². The minimum atomic E-state index is -4.41. The zero-order valence-corrected chi connectivity index (χ0v) is 8.84. The highest BCUT2D eigenvalue weighted by Gasteiger charge is 2.33. The molecule has 17 heavy (non-hydrogen) atoms. The highest BCUT2D eigenvalue weighted by atomic mass is 19.4. The van der Waals surface area contributed by atoms with Gasteiger partial charge in [0.2, 0.25) is 5.91 Å². The molecule has 0 saturated heterocycles. The predicted octanol–water partition coefficient (Wildman–Crippen LogP) is 2.09. The molecule has 2 rings (SSSR count). The van der Waals surface area contributed by atoms with E-state index in [0.717, 1.165) is 12.1 Å². The summed E-state index contributed by atoms with van der Waals surface area (Å²) >= 11 is 0. The highest BCUT2D eigenvalue weighted by Crippen LogP contribution is 2.37. The van der Waals surface area contributed by atoms with Gasteiger partial charge in [0.15, 0.2) is 0 Å². The third kappa shape index (κ3) is 2.20. The van der Waals surface area contributed by atoms with Crippen molar-refractivity contribution in [3.8, 4) is 0 Å². The molecule has 0 saturated carbocycles. The van der Waals surface area contributed by atoms with Crippen molar-refractivity contribution in [2.45, 2.75) is 18.5 Å². The van der Waals surface area contributed by atoms with Gasteiger partial charge in [-0.1, -0.05) is 0 Å². The van der Waals surface area contributed by atoms with Crippen molar-refractivity contribution in [3.63, 3.8) is 0 Å². The molecule has 92 valence electrons. The third-order valence-electron chi connectivity index (χ3n) is 2.85. The number of nitrogens with one attached hydrogen (secondary N) is 1. The first kappa shape index (κ1) is 11.8. The Morgan fingerprint density at radius 3 is 2.71 bits per heavy atom. The molecule has 3 nitrogen and oxygen atoms in total. The van der Waals surface area contributed by atoms with Crippen molar-refractivity contribution in [2.75, 3.05) is 11.9 Å². The summed E-state index contributed by atoms with van der Waals surface area (Å²) in [6.45, 7) is 0.534. The smallest absolute Gasteiger partial charge is 0.385 e. The van der Waals surface area contributed by atoms with Gasteiger partial charge in [0.05, 0.1) is 11.5 Å². The molecule has 0 radical (unpaired) electrons. The van der Waals surface area contributed by atoms with E-state index in [1.54, 1.807) is 0 Å². The van der Waals surface area contributed by atoms with Gasteiger partial charge in [0.25, 0.3) is 0 Å².